The van der Waals surface area contributed by atoms with Gasteiger partial charge in [0.15, 0.2) is 11.5 Å². The quantitative estimate of drug-likeness (QED) is 0.398. The van der Waals surface area contributed by atoms with Gasteiger partial charge in [-0.3, -0.25) is 9.79 Å². The summed E-state index contributed by atoms with van der Waals surface area (Å²) >= 11 is 0. The normalized spacial score (nSPS) is 18.0. The fraction of sp³-hybridized carbons (Fsp3) is 0.364. The van der Waals surface area contributed by atoms with Gasteiger partial charge in [0.25, 0.3) is 5.91 Å². The fourth-order valence-corrected chi connectivity index (χ4v) is 3.07. The molecule has 0 saturated carbocycles. The lowest BCUT2D eigenvalue weighted by atomic mass is 10.1. The number of carbonyl (C=O) groups is 1. The predicted octanol–water partition coefficient (Wildman–Crippen LogP) is 2.48. The van der Waals surface area contributed by atoms with E-state index in [2.05, 4.69) is 6.58 Å². The minimum Gasteiger partial charge on any atom is -0.493 e. The van der Waals surface area contributed by atoms with Crippen molar-refractivity contribution >= 4 is 17.3 Å². The first kappa shape index (κ1) is 22.2. The topological polar surface area (TPSA) is 103 Å². The Morgan fingerprint density at radius 2 is 2.07 bits per heavy atom. The van der Waals surface area contributed by atoms with E-state index in [1.54, 1.807) is 37.3 Å². The van der Waals surface area contributed by atoms with Gasteiger partial charge in [-0.15, -0.1) is 0 Å². The molecular weight excluding hydrogens is 368 g/mol. The van der Waals surface area contributed by atoms with E-state index in [9.17, 15) is 4.79 Å². The monoisotopic (exact) mass is 398 g/mol. The van der Waals surface area contributed by atoms with Crippen molar-refractivity contribution in [1.29, 1.82) is 0 Å². The summed E-state index contributed by atoms with van der Waals surface area (Å²) in [6.07, 6.45) is 6.48. The number of amides is 1. The van der Waals surface area contributed by atoms with Crippen molar-refractivity contribution in [3.05, 3.63) is 54.3 Å². The van der Waals surface area contributed by atoms with Crippen LogP contribution < -0.4 is 20.9 Å². The molecule has 1 amide bonds. The maximum atomic E-state index is 12.5. The molecule has 0 bridgehead atoms. The third-order valence-corrected chi connectivity index (χ3v) is 4.66. The van der Waals surface area contributed by atoms with Gasteiger partial charge in [0.2, 0.25) is 0 Å². The Labute approximate surface area is 172 Å². The molecule has 1 saturated heterocycles. The average Bonchev–Trinajstić information content (AvgIpc) is 3.17. The molecule has 4 N–H and O–H groups in total. The molecule has 1 aromatic carbocycles. The van der Waals surface area contributed by atoms with Gasteiger partial charge in [-0.2, -0.15) is 0 Å². The number of nitrogens with two attached hydrogens (primary N) is 2. The number of hydrogen-bond donors (Lipinski definition) is 2. The molecule has 1 aliphatic heterocycles. The Morgan fingerprint density at radius 1 is 1.34 bits per heavy atom. The van der Waals surface area contributed by atoms with Gasteiger partial charge in [0.05, 0.1) is 25.6 Å². The van der Waals surface area contributed by atoms with E-state index >= 15 is 0 Å². The molecule has 0 radical (unpaired) electrons. The zero-order valence-electron chi connectivity index (χ0n) is 17.4. The lowest BCUT2D eigenvalue weighted by Crippen LogP contribution is -2.35. The van der Waals surface area contributed by atoms with Crippen molar-refractivity contribution in [3.63, 3.8) is 0 Å². The molecule has 2 rings (SSSR count). The average molecular weight is 399 g/mol. The van der Waals surface area contributed by atoms with E-state index in [1.165, 1.54) is 0 Å². The number of allylic oxidation sites excluding steroid dienone is 3. The van der Waals surface area contributed by atoms with Gasteiger partial charge in [-0.25, -0.2) is 0 Å². The zero-order valence-corrected chi connectivity index (χ0v) is 17.4. The van der Waals surface area contributed by atoms with Crippen molar-refractivity contribution in [1.82, 2.24) is 4.90 Å². The maximum Gasteiger partial charge on any atom is 0.269 e. The Hall–Kier alpha value is -3.06. The highest BCUT2D eigenvalue weighted by molar-refractivity contribution is 6.05. The second kappa shape index (κ2) is 10.5. The molecule has 1 fully saturated rings. The highest BCUT2D eigenvalue weighted by atomic mass is 16.5. The third kappa shape index (κ3) is 5.71. The molecule has 1 unspecified atom stereocenters. The zero-order chi connectivity index (χ0) is 21.4. The highest BCUT2D eigenvalue weighted by Gasteiger charge is 2.24. The number of ether oxygens (including phenoxy) is 2. The summed E-state index contributed by atoms with van der Waals surface area (Å²) in [7, 11) is 3.17. The molecule has 156 valence electrons. The Kier molecular flexibility index (Phi) is 8.03. The summed E-state index contributed by atoms with van der Waals surface area (Å²) in [5, 5.41) is 0. The first-order valence-corrected chi connectivity index (χ1v) is 9.58. The van der Waals surface area contributed by atoms with Crippen molar-refractivity contribution in [2.75, 3.05) is 27.3 Å². The first-order valence-electron chi connectivity index (χ1n) is 9.58. The van der Waals surface area contributed by atoms with Gasteiger partial charge in [0.1, 0.15) is 0 Å². The number of hydrogen-bond acceptors (Lipinski definition) is 6. The van der Waals surface area contributed by atoms with Gasteiger partial charge in [-0.1, -0.05) is 19.6 Å². The van der Waals surface area contributed by atoms with Crippen LogP contribution in [-0.4, -0.2) is 49.9 Å². The van der Waals surface area contributed by atoms with Crippen LogP contribution in [0.4, 0.5) is 0 Å². The van der Waals surface area contributed by atoms with Crippen LogP contribution in [0.15, 0.2) is 53.7 Å². The molecule has 0 aliphatic carbocycles. The Bertz CT molecular complexity index is 842. The molecule has 1 aliphatic rings. The Morgan fingerprint density at radius 3 is 2.62 bits per heavy atom. The highest BCUT2D eigenvalue weighted by Crippen LogP contribution is 2.31. The fourth-order valence-electron chi connectivity index (χ4n) is 3.07. The summed E-state index contributed by atoms with van der Waals surface area (Å²) in [5.74, 6) is 1.02. The van der Waals surface area contributed by atoms with E-state index in [0.29, 0.717) is 42.4 Å². The van der Waals surface area contributed by atoms with Crippen molar-refractivity contribution in [2.24, 2.45) is 16.5 Å². The molecule has 0 spiro atoms. The van der Waals surface area contributed by atoms with Crippen molar-refractivity contribution in [2.45, 2.75) is 25.8 Å². The number of benzene rings is 1. The van der Waals surface area contributed by atoms with Crippen LogP contribution in [0.5, 0.6) is 11.5 Å². The number of rotatable bonds is 8. The lowest BCUT2D eigenvalue weighted by Gasteiger charge is -2.16. The van der Waals surface area contributed by atoms with E-state index in [1.807, 2.05) is 25.1 Å². The first-order chi connectivity index (χ1) is 13.9. The third-order valence-electron chi connectivity index (χ3n) is 4.66. The molecule has 1 atom stereocenters. The number of carbonyl (C=O) groups excluding carboxylic acids is 1. The SMILES string of the molecule is C=C\C=C(/N=C(\C=C(/N)C(=O)N1CCC(N)C1)CC)c1ccc(OC)c(OC)c1. The van der Waals surface area contributed by atoms with E-state index in [-0.39, 0.29) is 17.6 Å². The van der Waals surface area contributed by atoms with Crippen LogP contribution in [0.25, 0.3) is 5.70 Å². The molecule has 29 heavy (non-hydrogen) atoms. The molecule has 7 nitrogen and oxygen atoms in total. The van der Waals surface area contributed by atoms with E-state index in [0.717, 1.165) is 12.0 Å². The van der Waals surface area contributed by atoms with Crippen LogP contribution in [0.3, 0.4) is 0 Å². The predicted molar refractivity (Wildman–Crippen MR) is 117 cm³/mol. The second-order valence-corrected chi connectivity index (χ2v) is 6.71. The smallest absolute Gasteiger partial charge is 0.269 e. The van der Waals surface area contributed by atoms with Crippen LogP contribution in [-0.2, 0) is 4.79 Å². The number of methoxy groups -OCH3 is 2. The van der Waals surface area contributed by atoms with E-state index in [4.69, 9.17) is 25.9 Å². The molecule has 7 heteroatoms. The summed E-state index contributed by atoms with van der Waals surface area (Å²) < 4.78 is 10.7. The molecule has 0 aromatic heterocycles. The van der Waals surface area contributed by atoms with Crippen molar-refractivity contribution in [3.8, 4) is 11.5 Å². The lowest BCUT2D eigenvalue weighted by molar-refractivity contribution is -0.126. The van der Waals surface area contributed by atoms with Crippen molar-refractivity contribution < 1.29 is 14.3 Å². The summed E-state index contributed by atoms with van der Waals surface area (Å²) in [6, 6.07) is 5.56. The standard InChI is InChI=1S/C22H30N4O3/c1-5-7-19(15-8-9-20(28-3)21(12-15)29-4)25-17(6-2)13-18(24)22(27)26-11-10-16(23)14-26/h5,7-9,12-13,16H,1,6,10-11,14,23-24H2,2-4H3/b18-13-,19-7-,25-17-. The van der Waals surface area contributed by atoms with Gasteiger partial charge in [-0.05, 0) is 43.2 Å². The largest absolute Gasteiger partial charge is 0.493 e. The van der Waals surface area contributed by atoms with Crippen LogP contribution in [0, 0.1) is 0 Å². The summed E-state index contributed by atoms with van der Waals surface area (Å²) in [6.45, 7) is 6.88. The maximum absolute atomic E-state index is 12.5. The van der Waals surface area contributed by atoms with Crippen LogP contribution >= 0.6 is 0 Å². The van der Waals surface area contributed by atoms with E-state index < -0.39 is 0 Å². The minimum absolute atomic E-state index is 0.0123. The van der Waals surface area contributed by atoms with Crippen LogP contribution in [0.2, 0.25) is 0 Å². The Balaban J connectivity index is 2.33. The number of aliphatic imine (C=N–C) groups is 1. The van der Waals surface area contributed by atoms with Gasteiger partial charge < -0.3 is 25.8 Å². The van der Waals surface area contributed by atoms with Crippen LogP contribution in [0.1, 0.15) is 25.3 Å². The van der Waals surface area contributed by atoms with Gasteiger partial charge in [0, 0.05) is 30.4 Å². The summed E-state index contributed by atoms with van der Waals surface area (Å²) in [5.41, 5.74) is 14.3. The molecule has 1 heterocycles. The second-order valence-electron chi connectivity index (χ2n) is 6.71. The summed E-state index contributed by atoms with van der Waals surface area (Å²) in [4.78, 5) is 18.9. The molecule has 1 aromatic rings. The minimum atomic E-state index is -0.209. The van der Waals surface area contributed by atoms with Gasteiger partial charge >= 0.3 is 0 Å². The number of nitrogens with zero attached hydrogens (tertiary/aromatic N) is 2. The molecular formula is C22H30N4O3. The number of likely N-dealkylation sites (tertiary alicyclic amines) is 1.